The van der Waals surface area contributed by atoms with Crippen LogP contribution in [0.25, 0.3) is 0 Å². The third kappa shape index (κ3) is 2.28. The molecular weight excluding hydrogens is 222 g/mol. The van der Waals surface area contributed by atoms with Crippen molar-refractivity contribution in [2.24, 2.45) is 5.41 Å². The van der Waals surface area contributed by atoms with Gasteiger partial charge in [0, 0.05) is 22.8 Å². The van der Waals surface area contributed by atoms with Crippen molar-refractivity contribution in [3.05, 3.63) is 21.4 Å². The van der Waals surface area contributed by atoms with E-state index in [1.807, 2.05) is 0 Å². The van der Waals surface area contributed by atoms with Crippen LogP contribution in [0.2, 0.25) is 0 Å². The van der Waals surface area contributed by atoms with Gasteiger partial charge in [-0.05, 0) is 38.3 Å². The second-order valence-electron chi connectivity index (χ2n) is 4.95. The van der Waals surface area contributed by atoms with E-state index < -0.39 is 11.4 Å². The lowest BCUT2D eigenvalue weighted by atomic mass is 9.89. The van der Waals surface area contributed by atoms with Gasteiger partial charge in [0.05, 0.1) is 5.41 Å². The topological polar surface area (TPSA) is 49.3 Å². The van der Waals surface area contributed by atoms with Crippen LogP contribution in [0.4, 0.5) is 0 Å². The summed E-state index contributed by atoms with van der Waals surface area (Å²) in [6, 6.07) is 2.16. The van der Waals surface area contributed by atoms with Crippen molar-refractivity contribution in [2.75, 3.05) is 6.54 Å². The summed E-state index contributed by atoms with van der Waals surface area (Å²) in [6.45, 7) is 5.53. The molecule has 0 aliphatic carbocycles. The minimum Gasteiger partial charge on any atom is -0.481 e. The predicted molar refractivity (Wildman–Crippen MR) is 64.9 cm³/mol. The van der Waals surface area contributed by atoms with Crippen LogP contribution in [0.15, 0.2) is 6.07 Å². The number of thiophene rings is 1. The van der Waals surface area contributed by atoms with Crippen molar-refractivity contribution in [1.29, 1.82) is 0 Å². The van der Waals surface area contributed by atoms with Crippen LogP contribution in [0.5, 0.6) is 0 Å². The fourth-order valence-corrected chi connectivity index (χ4v) is 3.33. The molecule has 16 heavy (non-hydrogen) atoms. The molecule has 1 aliphatic heterocycles. The highest BCUT2D eigenvalue weighted by Crippen LogP contribution is 2.30. The predicted octanol–water partition coefficient (Wildman–Crippen LogP) is 2.05. The SMILES string of the molecule is CC(C)(Cc1cc2c(s1)CCNC2)C(=O)O. The quantitative estimate of drug-likeness (QED) is 0.848. The van der Waals surface area contributed by atoms with Gasteiger partial charge in [-0.1, -0.05) is 0 Å². The minimum atomic E-state index is -0.725. The molecular formula is C12H17NO2S. The molecule has 0 bridgehead atoms. The first-order valence-corrected chi connectivity index (χ1v) is 6.35. The van der Waals surface area contributed by atoms with Crippen molar-refractivity contribution in [3.8, 4) is 0 Å². The second-order valence-corrected chi connectivity index (χ2v) is 6.18. The fourth-order valence-electron chi connectivity index (χ4n) is 1.91. The molecule has 0 saturated carbocycles. The summed E-state index contributed by atoms with van der Waals surface area (Å²) in [5, 5.41) is 12.4. The lowest BCUT2D eigenvalue weighted by Gasteiger charge is -2.17. The number of carboxylic acids is 1. The van der Waals surface area contributed by atoms with Crippen LogP contribution in [0, 0.1) is 5.41 Å². The molecule has 2 N–H and O–H groups in total. The summed E-state index contributed by atoms with van der Waals surface area (Å²) in [5.41, 5.74) is 0.688. The van der Waals surface area contributed by atoms with Gasteiger partial charge in [-0.15, -0.1) is 11.3 Å². The Labute approximate surface area is 99.5 Å². The summed E-state index contributed by atoms with van der Waals surface area (Å²) >= 11 is 1.78. The molecule has 4 heteroatoms. The van der Waals surface area contributed by atoms with E-state index in [0.717, 1.165) is 19.5 Å². The zero-order valence-corrected chi connectivity index (χ0v) is 10.5. The van der Waals surface area contributed by atoms with E-state index in [4.69, 9.17) is 5.11 Å². The third-order valence-electron chi connectivity index (χ3n) is 2.99. The smallest absolute Gasteiger partial charge is 0.309 e. The standard InChI is InChI=1S/C12H17NO2S/c1-12(2,11(14)15)6-9-5-8-7-13-4-3-10(8)16-9/h5,13H,3-4,6-7H2,1-2H3,(H,14,15). The van der Waals surface area contributed by atoms with Gasteiger partial charge in [0.25, 0.3) is 0 Å². The number of rotatable bonds is 3. The van der Waals surface area contributed by atoms with Gasteiger partial charge < -0.3 is 10.4 Å². The van der Waals surface area contributed by atoms with Gasteiger partial charge in [0.2, 0.25) is 0 Å². The highest BCUT2D eigenvalue weighted by molar-refractivity contribution is 7.12. The van der Waals surface area contributed by atoms with E-state index in [-0.39, 0.29) is 0 Å². The van der Waals surface area contributed by atoms with Crippen molar-refractivity contribution >= 4 is 17.3 Å². The summed E-state index contributed by atoms with van der Waals surface area (Å²) in [6.07, 6.45) is 1.70. The van der Waals surface area contributed by atoms with Gasteiger partial charge in [-0.25, -0.2) is 0 Å². The number of hydrogen-bond donors (Lipinski definition) is 2. The Kier molecular flexibility index (Phi) is 3.04. The molecule has 1 aliphatic rings. The summed E-state index contributed by atoms with van der Waals surface area (Å²) in [5.74, 6) is -0.725. The maximum Gasteiger partial charge on any atom is 0.309 e. The first-order chi connectivity index (χ1) is 7.49. The zero-order chi connectivity index (χ0) is 11.8. The van der Waals surface area contributed by atoms with Crippen LogP contribution < -0.4 is 5.32 Å². The number of hydrogen-bond acceptors (Lipinski definition) is 3. The monoisotopic (exact) mass is 239 g/mol. The Hall–Kier alpha value is -0.870. The molecule has 0 amide bonds. The number of aliphatic carboxylic acids is 1. The zero-order valence-electron chi connectivity index (χ0n) is 9.67. The lowest BCUT2D eigenvalue weighted by molar-refractivity contribution is -0.146. The highest BCUT2D eigenvalue weighted by atomic mass is 32.1. The first kappa shape index (κ1) is 11.6. The highest BCUT2D eigenvalue weighted by Gasteiger charge is 2.28. The van der Waals surface area contributed by atoms with E-state index >= 15 is 0 Å². The van der Waals surface area contributed by atoms with Crippen LogP contribution in [0.3, 0.4) is 0 Å². The Balaban J connectivity index is 2.16. The lowest BCUT2D eigenvalue weighted by Crippen LogP contribution is -2.25. The van der Waals surface area contributed by atoms with Crippen LogP contribution in [-0.2, 0) is 24.2 Å². The molecule has 3 nitrogen and oxygen atoms in total. The van der Waals surface area contributed by atoms with Crippen LogP contribution in [-0.4, -0.2) is 17.6 Å². The van der Waals surface area contributed by atoms with Gasteiger partial charge in [0.1, 0.15) is 0 Å². The molecule has 0 radical (unpaired) electrons. The number of carbonyl (C=O) groups is 1. The van der Waals surface area contributed by atoms with Gasteiger partial charge in [0.15, 0.2) is 0 Å². The number of nitrogens with one attached hydrogen (secondary N) is 1. The Morgan fingerprint density at radius 2 is 2.38 bits per heavy atom. The molecule has 2 rings (SSSR count). The number of carboxylic acid groups (broad SMARTS) is 1. The Bertz CT molecular complexity index is 386. The first-order valence-electron chi connectivity index (χ1n) is 5.53. The van der Waals surface area contributed by atoms with Crippen molar-refractivity contribution in [2.45, 2.75) is 33.2 Å². The Morgan fingerprint density at radius 3 is 3.00 bits per heavy atom. The summed E-state index contributed by atoms with van der Waals surface area (Å²) in [7, 11) is 0. The summed E-state index contributed by atoms with van der Waals surface area (Å²) in [4.78, 5) is 13.7. The van der Waals surface area contributed by atoms with E-state index in [1.54, 1.807) is 25.2 Å². The molecule has 0 atom stereocenters. The normalized spacial score (nSPS) is 15.9. The molecule has 1 aromatic heterocycles. The molecule has 0 aromatic carbocycles. The minimum absolute atomic E-state index is 0.625. The molecule has 0 saturated heterocycles. The average Bonchev–Trinajstić information content (AvgIpc) is 2.58. The molecule has 88 valence electrons. The maximum atomic E-state index is 11.1. The summed E-state index contributed by atoms with van der Waals surface area (Å²) < 4.78 is 0. The van der Waals surface area contributed by atoms with Gasteiger partial charge in [-0.2, -0.15) is 0 Å². The van der Waals surface area contributed by atoms with E-state index in [0.29, 0.717) is 6.42 Å². The van der Waals surface area contributed by atoms with E-state index in [2.05, 4.69) is 11.4 Å². The Morgan fingerprint density at radius 1 is 1.62 bits per heavy atom. The van der Waals surface area contributed by atoms with Gasteiger partial charge >= 0.3 is 5.97 Å². The van der Waals surface area contributed by atoms with E-state index in [9.17, 15) is 4.79 Å². The second kappa shape index (κ2) is 4.18. The fraction of sp³-hybridized carbons (Fsp3) is 0.583. The average molecular weight is 239 g/mol. The molecule has 0 spiro atoms. The van der Waals surface area contributed by atoms with Crippen LogP contribution in [0.1, 0.15) is 29.2 Å². The third-order valence-corrected chi connectivity index (χ3v) is 4.22. The molecule has 1 aromatic rings. The largest absolute Gasteiger partial charge is 0.481 e. The molecule has 2 heterocycles. The van der Waals surface area contributed by atoms with Crippen molar-refractivity contribution < 1.29 is 9.90 Å². The van der Waals surface area contributed by atoms with Crippen molar-refractivity contribution in [3.63, 3.8) is 0 Å². The number of fused-ring (bicyclic) bond motifs is 1. The van der Waals surface area contributed by atoms with Gasteiger partial charge in [-0.3, -0.25) is 4.79 Å². The molecule has 0 fully saturated rings. The maximum absolute atomic E-state index is 11.1. The van der Waals surface area contributed by atoms with Crippen LogP contribution >= 0.6 is 11.3 Å². The molecule has 0 unspecified atom stereocenters. The van der Waals surface area contributed by atoms with E-state index in [1.165, 1.54) is 15.3 Å². The van der Waals surface area contributed by atoms with Crippen molar-refractivity contribution in [1.82, 2.24) is 5.32 Å².